The number of nitrogens with two attached hydrogens (primary N) is 1. The molecule has 0 radical (unpaired) electrons. The lowest BCUT2D eigenvalue weighted by atomic mass is 10.1. The fraction of sp³-hybridized carbons (Fsp3) is 0.286. The number of nitrogen functional groups attached to an aromatic ring is 1. The van der Waals surface area contributed by atoms with E-state index in [0.717, 1.165) is 11.3 Å². The van der Waals surface area contributed by atoms with E-state index in [-0.39, 0.29) is 5.91 Å². The maximum atomic E-state index is 11.9. The Hall–Kier alpha value is -2.30. The van der Waals surface area contributed by atoms with Gasteiger partial charge in [-0.2, -0.15) is 5.10 Å². The maximum Gasteiger partial charge on any atom is 0.229 e. The van der Waals surface area contributed by atoms with Gasteiger partial charge in [0.2, 0.25) is 5.91 Å². The molecule has 0 saturated heterocycles. The average molecular weight is 256 g/mol. The van der Waals surface area contributed by atoms with Crippen LogP contribution in [0.5, 0.6) is 0 Å². The van der Waals surface area contributed by atoms with E-state index in [1.54, 1.807) is 12.1 Å². The van der Waals surface area contributed by atoms with E-state index in [0.29, 0.717) is 23.8 Å². The van der Waals surface area contributed by atoms with Crippen molar-refractivity contribution in [2.45, 2.75) is 25.2 Å². The number of nitrogens with one attached hydrogen (secondary N) is 2. The fourth-order valence-electron chi connectivity index (χ4n) is 2.01. The molecule has 1 amide bonds. The van der Waals surface area contributed by atoms with Crippen molar-refractivity contribution in [3.63, 3.8) is 0 Å². The highest BCUT2D eigenvalue weighted by Crippen LogP contribution is 2.39. The summed E-state index contributed by atoms with van der Waals surface area (Å²) in [6, 6.07) is 9.22. The Kier molecular flexibility index (Phi) is 2.95. The van der Waals surface area contributed by atoms with Gasteiger partial charge in [-0.1, -0.05) is 12.1 Å². The molecule has 1 aromatic heterocycles. The van der Waals surface area contributed by atoms with Gasteiger partial charge in [0.25, 0.3) is 0 Å². The van der Waals surface area contributed by atoms with E-state index in [1.165, 1.54) is 12.8 Å². The third-order valence-corrected chi connectivity index (χ3v) is 3.23. The molecule has 98 valence electrons. The van der Waals surface area contributed by atoms with Crippen LogP contribution >= 0.6 is 0 Å². The van der Waals surface area contributed by atoms with Crippen LogP contribution in [0.3, 0.4) is 0 Å². The summed E-state index contributed by atoms with van der Waals surface area (Å²) in [6.07, 6.45) is 2.74. The van der Waals surface area contributed by atoms with Gasteiger partial charge >= 0.3 is 0 Å². The van der Waals surface area contributed by atoms with Crippen molar-refractivity contribution in [2.24, 2.45) is 0 Å². The topological polar surface area (TPSA) is 83.8 Å². The monoisotopic (exact) mass is 256 g/mol. The van der Waals surface area contributed by atoms with E-state index in [9.17, 15) is 4.79 Å². The van der Waals surface area contributed by atoms with Crippen LogP contribution in [0.1, 0.15) is 30.0 Å². The van der Waals surface area contributed by atoms with Crippen LogP contribution in [0.4, 0.5) is 11.5 Å². The molecule has 0 aliphatic heterocycles. The summed E-state index contributed by atoms with van der Waals surface area (Å²) >= 11 is 0. The molecule has 4 N–H and O–H groups in total. The number of carbonyl (C=O) groups is 1. The summed E-state index contributed by atoms with van der Waals surface area (Å²) in [7, 11) is 0. The smallest absolute Gasteiger partial charge is 0.229 e. The van der Waals surface area contributed by atoms with Gasteiger partial charge in [0.1, 0.15) is 0 Å². The highest BCUT2D eigenvalue weighted by atomic mass is 16.1. The number of nitrogens with zero attached hydrogens (tertiary/aromatic N) is 1. The third kappa shape index (κ3) is 2.93. The van der Waals surface area contributed by atoms with Crippen LogP contribution in [-0.2, 0) is 11.2 Å². The van der Waals surface area contributed by atoms with Crippen LogP contribution in [-0.4, -0.2) is 16.1 Å². The maximum absolute atomic E-state index is 11.9. The number of amides is 1. The lowest BCUT2D eigenvalue weighted by molar-refractivity contribution is -0.115. The number of benzene rings is 1. The summed E-state index contributed by atoms with van der Waals surface area (Å²) in [6.45, 7) is 0. The van der Waals surface area contributed by atoms with Gasteiger partial charge in [-0.15, -0.1) is 0 Å². The molecule has 0 bridgehead atoms. The van der Waals surface area contributed by atoms with Crippen LogP contribution in [0.25, 0.3) is 0 Å². The first-order valence-electron chi connectivity index (χ1n) is 6.40. The van der Waals surface area contributed by atoms with Crippen molar-refractivity contribution in [3.05, 3.63) is 41.6 Å². The SMILES string of the molecule is Nc1ccc(CC(=O)Nc2cc(C3CC3)[nH]n2)cc1. The summed E-state index contributed by atoms with van der Waals surface area (Å²) < 4.78 is 0. The Balaban J connectivity index is 1.59. The largest absolute Gasteiger partial charge is 0.399 e. The van der Waals surface area contributed by atoms with Gasteiger partial charge in [0, 0.05) is 23.4 Å². The number of rotatable bonds is 4. The quantitative estimate of drug-likeness (QED) is 0.732. The summed E-state index contributed by atoms with van der Waals surface area (Å²) in [5.74, 6) is 1.14. The highest BCUT2D eigenvalue weighted by molar-refractivity contribution is 5.91. The molecule has 5 nitrogen and oxygen atoms in total. The minimum atomic E-state index is -0.0707. The molecule has 1 saturated carbocycles. The number of anilines is 2. The Morgan fingerprint density at radius 1 is 1.37 bits per heavy atom. The van der Waals surface area contributed by atoms with Crippen LogP contribution in [0.15, 0.2) is 30.3 Å². The molecule has 1 heterocycles. The van der Waals surface area contributed by atoms with Gasteiger partial charge < -0.3 is 11.1 Å². The molecule has 1 aliphatic carbocycles. The van der Waals surface area contributed by atoms with E-state index in [2.05, 4.69) is 15.5 Å². The zero-order valence-corrected chi connectivity index (χ0v) is 10.5. The summed E-state index contributed by atoms with van der Waals surface area (Å²) in [5.41, 5.74) is 8.35. The molecule has 0 atom stereocenters. The van der Waals surface area contributed by atoms with Crippen molar-refractivity contribution in [1.82, 2.24) is 10.2 Å². The van der Waals surface area contributed by atoms with Crippen molar-refractivity contribution in [2.75, 3.05) is 11.1 Å². The predicted molar refractivity (Wildman–Crippen MR) is 73.8 cm³/mol. The first kappa shape index (κ1) is 11.8. The molecule has 2 aromatic rings. The zero-order valence-electron chi connectivity index (χ0n) is 10.5. The zero-order chi connectivity index (χ0) is 13.2. The van der Waals surface area contributed by atoms with Gasteiger partial charge in [0.05, 0.1) is 6.42 Å². The molecule has 1 fully saturated rings. The van der Waals surface area contributed by atoms with Gasteiger partial charge in [-0.05, 0) is 30.5 Å². The minimum absolute atomic E-state index is 0.0707. The predicted octanol–water partition coefficient (Wildman–Crippen LogP) is 2.05. The number of hydrogen-bond acceptors (Lipinski definition) is 3. The van der Waals surface area contributed by atoms with Crippen molar-refractivity contribution < 1.29 is 4.79 Å². The molecule has 5 heteroatoms. The first-order valence-corrected chi connectivity index (χ1v) is 6.40. The van der Waals surface area contributed by atoms with Crippen LogP contribution < -0.4 is 11.1 Å². The first-order chi connectivity index (χ1) is 9.20. The average Bonchev–Trinajstić information content (AvgIpc) is 3.14. The Morgan fingerprint density at radius 2 is 2.11 bits per heavy atom. The van der Waals surface area contributed by atoms with Crippen LogP contribution in [0, 0.1) is 0 Å². The third-order valence-electron chi connectivity index (χ3n) is 3.23. The molecule has 0 spiro atoms. The van der Waals surface area contributed by atoms with E-state index in [1.807, 2.05) is 18.2 Å². The Morgan fingerprint density at radius 3 is 2.79 bits per heavy atom. The molecule has 1 aromatic carbocycles. The molecular weight excluding hydrogens is 240 g/mol. The Bertz CT molecular complexity index is 584. The van der Waals surface area contributed by atoms with Crippen molar-refractivity contribution in [3.8, 4) is 0 Å². The number of H-pyrrole nitrogens is 1. The fourth-order valence-corrected chi connectivity index (χ4v) is 2.01. The normalized spacial score (nSPS) is 14.3. The van der Waals surface area contributed by atoms with Crippen molar-refractivity contribution in [1.29, 1.82) is 0 Å². The standard InChI is InChI=1S/C14H16N4O/c15-11-5-1-9(2-6-11)7-14(19)16-13-8-12(17-18-13)10-3-4-10/h1-2,5-6,8,10H,3-4,7,15H2,(H2,16,17,18,19). The number of aromatic amines is 1. The number of aromatic nitrogens is 2. The molecule has 19 heavy (non-hydrogen) atoms. The second kappa shape index (κ2) is 4.76. The molecule has 3 rings (SSSR count). The van der Waals surface area contributed by atoms with Crippen LogP contribution in [0.2, 0.25) is 0 Å². The molecule has 1 aliphatic rings. The van der Waals surface area contributed by atoms with E-state index in [4.69, 9.17) is 5.73 Å². The van der Waals surface area contributed by atoms with Gasteiger partial charge in [-0.25, -0.2) is 0 Å². The summed E-state index contributed by atoms with van der Waals surface area (Å²) in [4.78, 5) is 11.9. The van der Waals surface area contributed by atoms with Gasteiger partial charge in [-0.3, -0.25) is 9.89 Å². The highest BCUT2D eigenvalue weighted by Gasteiger charge is 2.25. The number of hydrogen-bond donors (Lipinski definition) is 3. The van der Waals surface area contributed by atoms with E-state index < -0.39 is 0 Å². The summed E-state index contributed by atoms with van der Waals surface area (Å²) in [5, 5.41) is 9.85. The van der Waals surface area contributed by atoms with Gasteiger partial charge in [0.15, 0.2) is 5.82 Å². The molecule has 0 unspecified atom stereocenters. The lowest BCUT2D eigenvalue weighted by Crippen LogP contribution is -2.14. The van der Waals surface area contributed by atoms with E-state index >= 15 is 0 Å². The molecular formula is C14H16N4O. The van der Waals surface area contributed by atoms with Crippen molar-refractivity contribution >= 4 is 17.4 Å². The lowest BCUT2D eigenvalue weighted by Gasteiger charge is -2.02. The number of carbonyl (C=O) groups excluding carboxylic acids is 1. The second-order valence-electron chi connectivity index (χ2n) is 4.95. The Labute approximate surface area is 111 Å². The minimum Gasteiger partial charge on any atom is -0.399 e. The second-order valence-corrected chi connectivity index (χ2v) is 4.95.